The second kappa shape index (κ2) is 10.1. The molecule has 2 N–H and O–H groups in total. The highest BCUT2D eigenvalue weighted by Gasteiger charge is 2.26. The maximum atomic E-state index is 12.7. The van der Waals surface area contributed by atoms with Gasteiger partial charge in [0.2, 0.25) is 15.9 Å². The van der Waals surface area contributed by atoms with E-state index in [1.807, 2.05) is 30.3 Å². The van der Waals surface area contributed by atoms with Crippen LogP contribution in [0.1, 0.15) is 17.5 Å². The second-order valence-electron chi connectivity index (χ2n) is 7.60. The van der Waals surface area contributed by atoms with Crippen LogP contribution in [0.5, 0.6) is 0 Å². The Morgan fingerprint density at radius 3 is 2.34 bits per heavy atom. The van der Waals surface area contributed by atoms with Gasteiger partial charge in [-0.3, -0.25) is 9.89 Å². The molecule has 1 fully saturated rings. The molecule has 0 bridgehead atoms. The van der Waals surface area contributed by atoms with Crippen molar-refractivity contribution in [3.8, 4) is 11.3 Å². The molecule has 32 heavy (non-hydrogen) atoms. The van der Waals surface area contributed by atoms with Crippen molar-refractivity contribution in [1.82, 2.24) is 19.8 Å². The van der Waals surface area contributed by atoms with Gasteiger partial charge in [0.15, 0.2) is 0 Å². The number of hydrogen-bond donors (Lipinski definition) is 2. The number of carbonyl (C=O) groups excluding carboxylic acids is 1. The molecule has 0 saturated carbocycles. The van der Waals surface area contributed by atoms with Crippen LogP contribution < -0.4 is 5.32 Å². The number of ether oxygens (including phenoxy) is 1. The molecule has 1 saturated heterocycles. The maximum absolute atomic E-state index is 12.7. The van der Waals surface area contributed by atoms with Crippen LogP contribution in [0.2, 0.25) is 0 Å². The molecule has 9 heteroatoms. The molecule has 8 nitrogen and oxygen atoms in total. The largest absolute Gasteiger partial charge is 0.379 e. The van der Waals surface area contributed by atoms with Gasteiger partial charge < -0.3 is 10.1 Å². The fourth-order valence-corrected chi connectivity index (χ4v) is 4.94. The first-order chi connectivity index (χ1) is 15.5. The summed E-state index contributed by atoms with van der Waals surface area (Å²) in [5, 5.41) is 9.80. The fourth-order valence-electron chi connectivity index (χ4n) is 3.53. The molecular weight excluding hydrogens is 428 g/mol. The van der Waals surface area contributed by atoms with Crippen molar-refractivity contribution in [2.24, 2.45) is 0 Å². The van der Waals surface area contributed by atoms with Crippen molar-refractivity contribution < 1.29 is 17.9 Å². The molecule has 1 aromatic heterocycles. The van der Waals surface area contributed by atoms with Crippen molar-refractivity contribution in [3.63, 3.8) is 0 Å². The van der Waals surface area contributed by atoms with Crippen LogP contribution in [0.25, 0.3) is 11.3 Å². The Hall–Kier alpha value is -3.01. The summed E-state index contributed by atoms with van der Waals surface area (Å²) in [5.74, 6) is -0.0485. The first-order valence-electron chi connectivity index (χ1n) is 10.5. The first-order valence-corrected chi connectivity index (χ1v) is 12.0. The summed E-state index contributed by atoms with van der Waals surface area (Å²) >= 11 is 0. The number of H-pyrrole nitrogens is 1. The molecule has 1 amide bonds. The van der Waals surface area contributed by atoms with Gasteiger partial charge in [-0.2, -0.15) is 9.40 Å². The van der Waals surface area contributed by atoms with Crippen LogP contribution in [-0.2, 0) is 32.5 Å². The van der Waals surface area contributed by atoms with E-state index in [2.05, 4.69) is 15.5 Å². The molecule has 168 valence electrons. The van der Waals surface area contributed by atoms with Crippen LogP contribution in [0.15, 0.2) is 65.7 Å². The lowest BCUT2D eigenvalue weighted by Crippen LogP contribution is -2.40. The predicted molar refractivity (Wildman–Crippen MR) is 120 cm³/mol. The number of sulfonamides is 1. The van der Waals surface area contributed by atoms with Gasteiger partial charge in [0.1, 0.15) is 0 Å². The number of hydrogen-bond acceptors (Lipinski definition) is 5. The van der Waals surface area contributed by atoms with E-state index in [0.29, 0.717) is 45.7 Å². The van der Waals surface area contributed by atoms with E-state index in [4.69, 9.17) is 4.74 Å². The lowest BCUT2D eigenvalue weighted by atomic mass is 10.1. The summed E-state index contributed by atoms with van der Waals surface area (Å²) in [6, 6.07) is 16.6. The number of benzene rings is 2. The van der Waals surface area contributed by atoms with E-state index in [1.54, 1.807) is 30.5 Å². The van der Waals surface area contributed by atoms with Crippen molar-refractivity contribution in [1.29, 1.82) is 0 Å². The van der Waals surface area contributed by atoms with Crippen molar-refractivity contribution >= 4 is 15.9 Å². The molecule has 1 aliphatic heterocycles. The summed E-state index contributed by atoms with van der Waals surface area (Å²) in [5.41, 5.74) is 3.92. The molecule has 2 aromatic carbocycles. The van der Waals surface area contributed by atoms with E-state index >= 15 is 0 Å². The number of carbonyl (C=O) groups is 1. The van der Waals surface area contributed by atoms with Gasteiger partial charge >= 0.3 is 0 Å². The summed E-state index contributed by atoms with van der Waals surface area (Å²) in [6.45, 7) is 2.03. The van der Waals surface area contributed by atoms with Crippen LogP contribution >= 0.6 is 0 Å². The van der Waals surface area contributed by atoms with Gasteiger partial charge in [-0.1, -0.05) is 36.4 Å². The normalized spacial score (nSPS) is 14.9. The topological polar surface area (TPSA) is 104 Å². The molecule has 0 atom stereocenters. The van der Waals surface area contributed by atoms with E-state index < -0.39 is 10.0 Å². The van der Waals surface area contributed by atoms with Gasteiger partial charge in [0.25, 0.3) is 0 Å². The number of rotatable bonds is 8. The van der Waals surface area contributed by atoms with E-state index in [0.717, 1.165) is 22.4 Å². The molecule has 0 aliphatic carbocycles. The van der Waals surface area contributed by atoms with Crippen LogP contribution in [0.3, 0.4) is 0 Å². The minimum absolute atomic E-state index is 0.0485. The summed E-state index contributed by atoms with van der Waals surface area (Å²) in [6.07, 6.45) is 2.59. The quantitative estimate of drug-likeness (QED) is 0.544. The average molecular weight is 455 g/mol. The molecule has 1 aliphatic rings. The summed E-state index contributed by atoms with van der Waals surface area (Å²) < 4.78 is 32.0. The zero-order chi connectivity index (χ0) is 22.4. The third-order valence-corrected chi connectivity index (χ3v) is 7.34. The predicted octanol–water partition coefficient (Wildman–Crippen LogP) is 2.35. The van der Waals surface area contributed by atoms with Crippen molar-refractivity contribution in [3.05, 3.63) is 71.9 Å². The summed E-state index contributed by atoms with van der Waals surface area (Å²) in [4.78, 5) is 12.5. The van der Waals surface area contributed by atoms with Gasteiger partial charge in [0.05, 0.1) is 23.8 Å². The van der Waals surface area contributed by atoms with Gasteiger partial charge in [-0.05, 0) is 41.3 Å². The monoisotopic (exact) mass is 454 g/mol. The highest BCUT2D eigenvalue weighted by atomic mass is 32.2. The van der Waals surface area contributed by atoms with Crippen LogP contribution in [0.4, 0.5) is 0 Å². The standard InChI is InChI=1S/C23H26N4O4S/c28-23(24-17-19-1-6-20(7-2-19)22-11-12-25-26-22)10-5-18-3-8-21(9-4-18)32(29,30)27-13-15-31-16-14-27/h1-4,6-9,11-12H,5,10,13-17H2,(H,24,28)(H,25,26). The minimum Gasteiger partial charge on any atom is -0.379 e. The maximum Gasteiger partial charge on any atom is 0.243 e. The lowest BCUT2D eigenvalue weighted by Gasteiger charge is -2.26. The Labute approximate surface area is 187 Å². The third-order valence-electron chi connectivity index (χ3n) is 5.43. The number of aromatic nitrogens is 2. The zero-order valence-electron chi connectivity index (χ0n) is 17.7. The fraction of sp³-hybridized carbons (Fsp3) is 0.304. The highest BCUT2D eigenvalue weighted by molar-refractivity contribution is 7.89. The number of aryl methyl sites for hydroxylation is 1. The van der Waals surface area contributed by atoms with Crippen molar-refractivity contribution in [2.75, 3.05) is 26.3 Å². The Morgan fingerprint density at radius 1 is 1.00 bits per heavy atom. The van der Waals surface area contributed by atoms with Gasteiger partial charge in [0, 0.05) is 32.3 Å². The minimum atomic E-state index is -3.50. The Kier molecular flexibility index (Phi) is 6.99. The average Bonchev–Trinajstić information content (AvgIpc) is 3.38. The number of aromatic amines is 1. The van der Waals surface area contributed by atoms with Crippen molar-refractivity contribution in [2.45, 2.75) is 24.3 Å². The number of nitrogens with one attached hydrogen (secondary N) is 2. The second-order valence-corrected chi connectivity index (χ2v) is 9.54. The molecule has 0 radical (unpaired) electrons. The molecule has 4 rings (SSSR count). The van der Waals surface area contributed by atoms with Crippen LogP contribution in [0, 0.1) is 0 Å². The molecular formula is C23H26N4O4S. The summed E-state index contributed by atoms with van der Waals surface area (Å²) in [7, 11) is -3.50. The van der Waals surface area contributed by atoms with E-state index in [9.17, 15) is 13.2 Å². The van der Waals surface area contributed by atoms with Gasteiger partial charge in [-0.15, -0.1) is 0 Å². The third kappa shape index (κ3) is 5.42. The number of morpholine rings is 1. The number of nitrogens with zero attached hydrogens (tertiary/aromatic N) is 2. The lowest BCUT2D eigenvalue weighted by molar-refractivity contribution is -0.121. The first kappa shape index (κ1) is 22.2. The molecule has 0 spiro atoms. The Bertz CT molecular complexity index is 1120. The Balaban J connectivity index is 1.25. The Morgan fingerprint density at radius 2 is 1.69 bits per heavy atom. The molecule has 2 heterocycles. The molecule has 3 aromatic rings. The highest BCUT2D eigenvalue weighted by Crippen LogP contribution is 2.19. The van der Waals surface area contributed by atoms with E-state index in [1.165, 1.54) is 4.31 Å². The smallest absolute Gasteiger partial charge is 0.243 e. The van der Waals surface area contributed by atoms with Gasteiger partial charge in [-0.25, -0.2) is 8.42 Å². The van der Waals surface area contributed by atoms with E-state index in [-0.39, 0.29) is 10.8 Å². The zero-order valence-corrected chi connectivity index (χ0v) is 18.5. The van der Waals surface area contributed by atoms with Crippen LogP contribution in [-0.4, -0.2) is 55.1 Å². The SMILES string of the molecule is O=C(CCc1ccc(S(=O)(=O)N2CCOCC2)cc1)NCc1ccc(-c2ccn[nH]2)cc1. The number of amides is 1. The molecule has 0 unspecified atom stereocenters.